The van der Waals surface area contributed by atoms with Gasteiger partial charge in [-0.25, -0.2) is 9.13 Å². The number of carbonyl (C=O) groups excluding carboxylic acids is 4. The number of ether oxygens (including phenoxy) is 4. The fourth-order valence-electron chi connectivity index (χ4n) is 11.9. The van der Waals surface area contributed by atoms with E-state index < -0.39 is 97.5 Å². The Morgan fingerprint density at radius 3 is 0.784 bits per heavy atom. The molecule has 3 N–H and O–H groups in total. The molecule has 0 saturated carbocycles. The van der Waals surface area contributed by atoms with Crippen molar-refractivity contribution < 1.29 is 80.2 Å². The number of esters is 4. The van der Waals surface area contributed by atoms with E-state index in [1.165, 1.54) is 205 Å². The molecule has 97 heavy (non-hydrogen) atoms. The molecule has 0 aromatic carbocycles. The van der Waals surface area contributed by atoms with E-state index in [0.29, 0.717) is 25.7 Å². The van der Waals surface area contributed by atoms with Crippen LogP contribution < -0.4 is 0 Å². The molecule has 0 bridgehead atoms. The first kappa shape index (κ1) is 95.1. The molecule has 0 heterocycles. The third kappa shape index (κ3) is 70.9. The van der Waals surface area contributed by atoms with Crippen molar-refractivity contribution >= 4 is 39.5 Å². The molecule has 0 amide bonds. The molecule has 0 saturated heterocycles. The fourth-order valence-corrected chi connectivity index (χ4v) is 13.5. The molecule has 0 aromatic rings. The SMILES string of the molecule is CCCCCCCC(=O)OC[C@H](COP(=O)(O)OC[C@H](O)COP(=O)(O)OC[C@@H](COC(=O)CCCCCCCCCCCCCCCCCCC(C)C)OC(=O)CCCCCCCCCCCCCCCCCCCCC(C)CC)OC(=O)CCCCCCCCCCC(C)C. The molecule has 0 spiro atoms. The standard InChI is InChI=1S/C78H152O17P2/c1-8-10-11-42-52-59-75(80)88-65-73(94-78(83)62-55-48-41-35-34-37-44-50-57-70(5)6)67-92-96(84,85)90-63-72(79)64-91-97(86,87)93-68-74(66-89-76(81)60-53-46-39-32-28-24-20-17-16-18-22-26-30-36-43-49-56-69(3)4)95-77(82)61-54-47-40-33-29-25-21-15-13-12-14-19-23-27-31-38-45-51-58-71(7)9-2/h69-74,79H,8-68H2,1-7H3,(H,84,85)(H,86,87)/t71?,72-,73+,74+/m0/s1. The summed E-state index contributed by atoms with van der Waals surface area (Å²) < 4.78 is 68.3. The van der Waals surface area contributed by atoms with E-state index in [9.17, 15) is 43.2 Å². The van der Waals surface area contributed by atoms with Gasteiger partial charge in [-0.2, -0.15) is 0 Å². The van der Waals surface area contributed by atoms with Gasteiger partial charge in [0, 0.05) is 25.7 Å². The van der Waals surface area contributed by atoms with Crippen molar-refractivity contribution in [2.45, 2.75) is 420 Å². The van der Waals surface area contributed by atoms with Crippen molar-refractivity contribution in [1.82, 2.24) is 0 Å². The summed E-state index contributed by atoms with van der Waals surface area (Å²) in [5.74, 6) is 0.273. The maximum absolute atomic E-state index is 13.1. The Kier molecular flexibility index (Phi) is 67.1. The molecule has 0 aliphatic heterocycles. The fraction of sp³-hybridized carbons (Fsp3) is 0.949. The second-order valence-electron chi connectivity index (χ2n) is 29.3. The average Bonchev–Trinajstić information content (AvgIpc) is 1.32. The van der Waals surface area contributed by atoms with Crippen LogP contribution in [0.5, 0.6) is 0 Å². The lowest BCUT2D eigenvalue weighted by Crippen LogP contribution is -2.30. The van der Waals surface area contributed by atoms with Crippen LogP contribution >= 0.6 is 15.6 Å². The summed E-state index contributed by atoms with van der Waals surface area (Å²) in [6, 6.07) is 0. The second kappa shape index (κ2) is 68.5. The predicted octanol–water partition coefficient (Wildman–Crippen LogP) is 23.0. The number of phosphoric ester groups is 2. The monoisotopic (exact) mass is 1420 g/mol. The maximum atomic E-state index is 13.1. The van der Waals surface area contributed by atoms with Crippen LogP contribution in [0.15, 0.2) is 0 Å². The van der Waals surface area contributed by atoms with E-state index in [-0.39, 0.29) is 25.7 Å². The molecule has 6 atom stereocenters. The van der Waals surface area contributed by atoms with Gasteiger partial charge in [0.25, 0.3) is 0 Å². The lowest BCUT2D eigenvalue weighted by molar-refractivity contribution is -0.161. The van der Waals surface area contributed by atoms with Gasteiger partial charge in [0.05, 0.1) is 26.4 Å². The number of aliphatic hydroxyl groups is 1. The minimum Gasteiger partial charge on any atom is -0.462 e. The largest absolute Gasteiger partial charge is 0.472 e. The van der Waals surface area contributed by atoms with E-state index in [1.807, 2.05) is 0 Å². The van der Waals surface area contributed by atoms with E-state index in [4.69, 9.17) is 37.0 Å². The maximum Gasteiger partial charge on any atom is 0.472 e. The van der Waals surface area contributed by atoms with Gasteiger partial charge in [-0.1, -0.05) is 350 Å². The smallest absolute Gasteiger partial charge is 0.462 e. The molecule has 0 aliphatic carbocycles. The summed E-state index contributed by atoms with van der Waals surface area (Å²) in [5.41, 5.74) is 0. The molecule has 0 rings (SSSR count). The first-order chi connectivity index (χ1) is 46.8. The summed E-state index contributed by atoms with van der Waals surface area (Å²) in [4.78, 5) is 72.5. The highest BCUT2D eigenvalue weighted by Crippen LogP contribution is 2.45. The molecule has 0 aliphatic rings. The summed E-state index contributed by atoms with van der Waals surface area (Å²) in [6.07, 6.45) is 56.1. The lowest BCUT2D eigenvalue weighted by Gasteiger charge is -2.21. The Bertz CT molecular complexity index is 1890. The highest BCUT2D eigenvalue weighted by molar-refractivity contribution is 7.47. The van der Waals surface area contributed by atoms with Gasteiger partial charge in [0.2, 0.25) is 0 Å². The van der Waals surface area contributed by atoms with Crippen molar-refractivity contribution in [3.63, 3.8) is 0 Å². The van der Waals surface area contributed by atoms with Gasteiger partial charge in [0.15, 0.2) is 12.2 Å². The predicted molar refractivity (Wildman–Crippen MR) is 395 cm³/mol. The summed E-state index contributed by atoms with van der Waals surface area (Å²) in [5, 5.41) is 10.6. The second-order valence-corrected chi connectivity index (χ2v) is 32.2. The van der Waals surface area contributed by atoms with Crippen molar-refractivity contribution in [1.29, 1.82) is 0 Å². The molecule has 3 unspecified atom stereocenters. The average molecular weight is 1420 g/mol. The molecule has 0 radical (unpaired) electrons. The van der Waals surface area contributed by atoms with Crippen LogP contribution in [0, 0.1) is 17.8 Å². The first-order valence-corrected chi connectivity index (χ1v) is 43.4. The Morgan fingerprint density at radius 1 is 0.299 bits per heavy atom. The Morgan fingerprint density at radius 2 is 0.526 bits per heavy atom. The number of hydrogen-bond acceptors (Lipinski definition) is 15. The Hall–Kier alpha value is -1.94. The van der Waals surface area contributed by atoms with Crippen molar-refractivity contribution in [3.05, 3.63) is 0 Å². The quantitative estimate of drug-likeness (QED) is 0.0222. The number of carbonyl (C=O) groups is 4. The Labute approximate surface area is 594 Å². The van der Waals surface area contributed by atoms with E-state index in [2.05, 4.69) is 48.5 Å². The zero-order valence-electron chi connectivity index (χ0n) is 63.5. The van der Waals surface area contributed by atoms with Crippen LogP contribution in [0.4, 0.5) is 0 Å². The van der Waals surface area contributed by atoms with Gasteiger partial charge in [-0.05, 0) is 43.4 Å². The van der Waals surface area contributed by atoms with Gasteiger partial charge >= 0.3 is 39.5 Å². The minimum absolute atomic E-state index is 0.104. The normalized spacial score (nSPS) is 14.3. The van der Waals surface area contributed by atoms with Crippen LogP contribution in [0.1, 0.15) is 402 Å². The molecule has 17 nitrogen and oxygen atoms in total. The number of unbranched alkanes of at least 4 members (excludes halogenated alkanes) is 43. The molecule has 0 fully saturated rings. The number of hydrogen-bond donors (Lipinski definition) is 3. The van der Waals surface area contributed by atoms with E-state index in [1.54, 1.807) is 0 Å². The van der Waals surface area contributed by atoms with Crippen molar-refractivity contribution in [3.8, 4) is 0 Å². The number of rotatable bonds is 76. The van der Waals surface area contributed by atoms with E-state index in [0.717, 1.165) is 114 Å². The van der Waals surface area contributed by atoms with Crippen LogP contribution in [-0.2, 0) is 65.4 Å². The highest BCUT2D eigenvalue weighted by atomic mass is 31.2. The zero-order chi connectivity index (χ0) is 71.6. The molecular formula is C78H152O17P2. The topological polar surface area (TPSA) is 237 Å². The Balaban J connectivity index is 5.11. The number of phosphoric acid groups is 2. The minimum atomic E-state index is -4.96. The lowest BCUT2D eigenvalue weighted by atomic mass is 9.99. The first-order valence-electron chi connectivity index (χ1n) is 40.4. The molecule has 19 heteroatoms. The highest BCUT2D eigenvalue weighted by Gasteiger charge is 2.30. The summed E-state index contributed by atoms with van der Waals surface area (Å²) in [6.45, 7) is 11.9. The third-order valence-electron chi connectivity index (χ3n) is 18.5. The zero-order valence-corrected chi connectivity index (χ0v) is 65.3. The van der Waals surface area contributed by atoms with Crippen LogP contribution in [0.25, 0.3) is 0 Å². The van der Waals surface area contributed by atoms with Crippen molar-refractivity contribution in [2.75, 3.05) is 39.6 Å². The molecule has 0 aromatic heterocycles. The van der Waals surface area contributed by atoms with Crippen LogP contribution in [0.3, 0.4) is 0 Å². The van der Waals surface area contributed by atoms with Gasteiger partial charge in [-0.15, -0.1) is 0 Å². The molecular weight excluding hydrogens is 1270 g/mol. The van der Waals surface area contributed by atoms with Crippen molar-refractivity contribution in [2.24, 2.45) is 17.8 Å². The van der Waals surface area contributed by atoms with Gasteiger partial charge < -0.3 is 33.8 Å². The summed E-state index contributed by atoms with van der Waals surface area (Å²) in [7, 11) is -9.90. The third-order valence-corrected chi connectivity index (χ3v) is 20.4. The number of aliphatic hydroxyl groups excluding tert-OH is 1. The van der Waals surface area contributed by atoms with E-state index >= 15 is 0 Å². The summed E-state index contributed by atoms with van der Waals surface area (Å²) >= 11 is 0. The van der Waals surface area contributed by atoms with Crippen LogP contribution in [-0.4, -0.2) is 96.7 Å². The van der Waals surface area contributed by atoms with Crippen LogP contribution in [0.2, 0.25) is 0 Å². The van der Waals surface area contributed by atoms with Gasteiger partial charge in [-0.3, -0.25) is 37.3 Å². The van der Waals surface area contributed by atoms with Gasteiger partial charge in [0.1, 0.15) is 19.3 Å². The molecule has 576 valence electrons.